The van der Waals surface area contributed by atoms with Crippen molar-refractivity contribution < 1.29 is 18.3 Å². The number of hydrogen-bond donors (Lipinski definition) is 1. The van der Waals surface area contributed by atoms with E-state index in [2.05, 4.69) is 4.74 Å². The lowest BCUT2D eigenvalue weighted by Gasteiger charge is -2.05. The Bertz CT molecular complexity index is 400. The molecule has 0 heterocycles. The minimum Gasteiger partial charge on any atom is -0.465 e. The van der Waals surface area contributed by atoms with Gasteiger partial charge < -0.3 is 9.29 Å². The third-order valence-electron chi connectivity index (χ3n) is 2.05. The molecule has 4 nitrogen and oxygen atoms in total. The highest BCUT2D eigenvalue weighted by Gasteiger charge is 2.09. The number of hydrogen-bond acceptors (Lipinski definition) is 3. The fraction of sp³-hybridized carbons (Fsp3) is 0.300. The first kappa shape index (κ1) is 11.9. The number of esters is 1. The fourth-order valence-electron chi connectivity index (χ4n) is 1.20. The summed E-state index contributed by atoms with van der Waals surface area (Å²) in [6.45, 7) is 1.82. The van der Waals surface area contributed by atoms with Gasteiger partial charge in [-0.25, -0.2) is 9.00 Å². The first-order valence-corrected chi connectivity index (χ1v) is 5.57. The summed E-state index contributed by atoms with van der Waals surface area (Å²) in [5.41, 5.74) is 1.95. The Balaban J connectivity index is 3.05. The van der Waals surface area contributed by atoms with Gasteiger partial charge in [-0.2, -0.15) is 0 Å². The Morgan fingerprint density at radius 1 is 1.53 bits per heavy atom. The molecule has 1 atom stereocenters. The molecule has 15 heavy (non-hydrogen) atoms. The first-order valence-electron chi connectivity index (χ1n) is 4.30. The molecule has 0 spiro atoms. The second-order valence-electron chi connectivity index (χ2n) is 3.10. The van der Waals surface area contributed by atoms with Crippen LogP contribution in [0.5, 0.6) is 0 Å². The van der Waals surface area contributed by atoms with Crippen molar-refractivity contribution in [1.82, 2.24) is 0 Å². The number of benzene rings is 1. The molecule has 0 aromatic heterocycles. The van der Waals surface area contributed by atoms with Crippen molar-refractivity contribution in [2.45, 2.75) is 12.7 Å². The van der Waals surface area contributed by atoms with Crippen LogP contribution in [0.4, 0.5) is 0 Å². The number of ether oxygens (including phenoxy) is 1. The van der Waals surface area contributed by atoms with Crippen molar-refractivity contribution in [3.63, 3.8) is 0 Å². The number of carbonyl (C=O) groups is 1. The first-order chi connectivity index (χ1) is 7.04. The molecule has 1 N–H and O–H groups in total. The van der Waals surface area contributed by atoms with Gasteiger partial charge >= 0.3 is 5.97 Å². The molecular weight excluding hydrogens is 216 g/mol. The zero-order chi connectivity index (χ0) is 11.4. The van der Waals surface area contributed by atoms with Gasteiger partial charge in [0, 0.05) is 0 Å². The SMILES string of the molecule is COC(=O)c1ccc(C)c(CS(=O)O)c1. The molecule has 0 aliphatic heterocycles. The predicted molar refractivity (Wildman–Crippen MR) is 57.0 cm³/mol. The molecule has 0 amide bonds. The third-order valence-corrected chi connectivity index (χ3v) is 2.61. The highest BCUT2D eigenvalue weighted by atomic mass is 32.2. The van der Waals surface area contributed by atoms with E-state index in [4.69, 9.17) is 4.55 Å². The van der Waals surface area contributed by atoms with Crippen LogP contribution in [0.2, 0.25) is 0 Å². The van der Waals surface area contributed by atoms with E-state index in [1.54, 1.807) is 18.2 Å². The molecule has 0 radical (unpaired) electrons. The maximum Gasteiger partial charge on any atom is 0.337 e. The van der Waals surface area contributed by atoms with Crippen LogP contribution in [0.25, 0.3) is 0 Å². The number of carbonyl (C=O) groups excluding carboxylic acids is 1. The van der Waals surface area contributed by atoms with Crippen molar-refractivity contribution in [3.8, 4) is 0 Å². The molecular formula is C10H12O4S. The lowest BCUT2D eigenvalue weighted by atomic mass is 10.1. The van der Waals surface area contributed by atoms with Gasteiger partial charge in [-0.1, -0.05) is 6.07 Å². The summed E-state index contributed by atoms with van der Waals surface area (Å²) in [6, 6.07) is 4.94. The van der Waals surface area contributed by atoms with Crippen LogP contribution >= 0.6 is 0 Å². The van der Waals surface area contributed by atoms with Gasteiger partial charge in [0.05, 0.1) is 18.4 Å². The summed E-state index contributed by atoms with van der Waals surface area (Å²) in [5, 5.41) is 0. The van der Waals surface area contributed by atoms with Gasteiger partial charge in [0.2, 0.25) is 0 Å². The quantitative estimate of drug-likeness (QED) is 0.629. The van der Waals surface area contributed by atoms with E-state index in [9.17, 15) is 9.00 Å². The summed E-state index contributed by atoms with van der Waals surface area (Å²) in [5.74, 6) is -0.420. The number of aryl methyl sites for hydroxylation is 1. The van der Waals surface area contributed by atoms with E-state index >= 15 is 0 Å². The van der Waals surface area contributed by atoms with Crippen LogP contribution in [-0.4, -0.2) is 21.8 Å². The molecule has 0 aliphatic rings. The molecule has 0 saturated heterocycles. The number of methoxy groups -OCH3 is 1. The molecule has 1 unspecified atom stereocenters. The maximum absolute atomic E-state index is 11.2. The summed E-state index contributed by atoms with van der Waals surface area (Å²) < 4.78 is 24.0. The van der Waals surface area contributed by atoms with Gasteiger partial charge in [-0.15, -0.1) is 0 Å². The van der Waals surface area contributed by atoms with E-state index in [1.165, 1.54) is 7.11 Å². The topological polar surface area (TPSA) is 63.6 Å². The highest BCUT2D eigenvalue weighted by molar-refractivity contribution is 7.78. The second-order valence-corrected chi connectivity index (χ2v) is 4.03. The van der Waals surface area contributed by atoms with Crippen molar-refractivity contribution in [2.24, 2.45) is 0 Å². The Kier molecular flexibility index (Phi) is 3.99. The lowest BCUT2D eigenvalue weighted by Crippen LogP contribution is -2.04. The van der Waals surface area contributed by atoms with Gasteiger partial charge in [0.1, 0.15) is 0 Å². The monoisotopic (exact) mass is 228 g/mol. The normalized spacial score (nSPS) is 12.2. The number of rotatable bonds is 3. The van der Waals surface area contributed by atoms with E-state index < -0.39 is 17.0 Å². The Morgan fingerprint density at radius 2 is 2.20 bits per heavy atom. The van der Waals surface area contributed by atoms with Crippen molar-refractivity contribution in [3.05, 3.63) is 34.9 Å². The van der Waals surface area contributed by atoms with E-state index in [0.717, 1.165) is 5.56 Å². The van der Waals surface area contributed by atoms with Crippen LogP contribution in [0.1, 0.15) is 21.5 Å². The molecule has 1 aromatic rings. The minimum atomic E-state index is -1.90. The van der Waals surface area contributed by atoms with Crippen molar-refractivity contribution in [2.75, 3.05) is 7.11 Å². The van der Waals surface area contributed by atoms with Crippen LogP contribution < -0.4 is 0 Å². The molecule has 0 bridgehead atoms. The van der Waals surface area contributed by atoms with Crippen molar-refractivity contribution in [1.29, 1.82) is 0 Å². The summed E-state index contributed by atoms with van der Waals surface area (Å²) in [6.07, 6.45) is 0. The highest BCUT2D eigenvalue weighted by Crippen LogP contribution is 2.13. The summed E-state index contributed by atoms with van der Waals surface area (Å²) >= 11 is -1.90. The standard InChI is InChI=1S/C10H12O4S/c1-7-3-4-8(10(11)14-2)5-9(7)6-15(12)13/h3-5H,6H2,1-2H3,(H,12,13). The molecule has 0 aliphatic carbocycles. The summed E-state index contributed by atoms with van der Waals surface area (Å²) in [4.78, 5) is 11.2. The smallest absolute Gasteiger partial charge is 0.337 e. The maximum atomic E-state index is 11.2. The molecule has 82 valence electrons. The largest absolute Gasteiger partial charge is 0.465 e. The van der Waals surface area contributed by atoms with E-state index in [-0.39, 0.29) is 5.75 Å². The van der Waals surface area contributed by atoms with Crippen LogP contribution in [0, 0.1) is 6.92 Å². The van der Waals surface area contributed by atoms with Gasteiger partial charge in [0.25, 0.3) is 0 Å². The van der Waals surface area contributed by atoms with Crippen molar-refractivity contribution >= 4 is 17.0 Å². The second kappa shape index (κ2) is 5.04. The summed E-state index contributed by atoms with van der Waals surface area (Å²) in [7, 11) is 1.30. The average molecular weight is 228 g/mol. The van der Waals surface area contributed by atoms with E-state index in [1.807, 2.05) is 6.92 Å². The molecule has 1 aromatic carbocycles. The Morgan fingerprint density at radius 3 is 2.73 bits per heavy atom. The van der Waals surface area contributed by atoms with Crippen LogP contribution in [-0.2, 0) is 21.6 Å². The zero-order valence-electron chi connectivity index (χ0n) is 8.52. The van der Waals surface area contributed by atoms with Crippen LogP contribution in [0.15, 0.2) is 18.2 Å². The van der Waals surface area contributed by atoms with Gasteiger partial charge in [0.15, 0.2) is 11.1 Å². The molecule has 5 heteroatoms. The Labute approximate surface area is 90.5 Å². The van der Waals surface area contributed by atoms with E-state index in [0.29, 0.717) is 11.1 Å². The Hall–Kier alpha value is -1.20. The molecule has 1 rings (SSSR count). The average Bonchev–Trinajstić information content (AvgIpc) is 2.19. The predicted octanol–water partition coefficient (Wildman–Crippen LogP) is 1.50. The molecule has 0 saturated carbocycles. The molecule has 0 fully saturated rings. The third kappa shape index (κ3) is 3.14. The van der Waals surface area contributed by atoms with Crippen LogP contribution in [0.3, 0.4) is 0 Å². The lowest BCUT2D eigenvalue weighted by molar-refractivity contribution is 0.0600. The van der Waals surface area contributed by atoms with Gasteiger partial charge in [-0.05, 0) is 30.2 Å². The van der Waals surface area contributed by atoms with Gasteiger partial charge in [-0.3, -0.25) is 0 Å². The fourth-order valence-corrected chi connectivity index (χ4v) is 1.78. The minimum absolute atomic E-state index is 0.0245. The zero-order valence-corrected chi connectivity index (χ0v) is 9.34.